The first kappa shape index (κ1) is 21.5. The van der Waals surface area contributed by atoms with Crippen LogP contribution in [-0.4, -0.2) is 41.7 Å². The minimum absolute atomic E-state index is 0.00552. The van der Waals surface area contributed by atoms with Crippen molar-refractivity contribution in [3.8, 4) is 0 Å². The van der Waals surface area contributed by atoms with Gasteiger partial charge in [-0.25, -0.2) is 0 Å². The number of halogens is 1. The number of ether oxygens (including phenoxy) is 1. The first-order valence-electron chi connectivity index (χ1n) is 11.9. The fraction of sp³-hybridized carbons (Fsp3) is 0.654. The van der Waals surface area contributed by atoms with E-state index in [-0.39, 0.29) is 23.4 Å². The van der Waals surface area contributed by atoms with Crippen molar-refractivity contribution in [3.63, 3.8) is 0 Å². The molecule has 0 aromatic heterocycles. The van der Waals surface area contributed by atoms with E-state index in [0.717, 1.165) is 38.0 Å². The summed E-state index contributed by atoms with van der Waals surface area (Å²) in [4.78, 5) is 15.2. The number of benzene rings is 1. The van der Waals surface area contributed by atoms with Crippen molar-refractivity contribution in [1.29, 1.82) is 0 Å². The van der Waals surface area contributed by atoms with Gasteiger partial charge in [0.05, 0.1) is 11.5 Å². The Kier molecular flexibility index (Phi) is 5.47. The van der Waals surface area contributed by atoms with Crippen molar-refractivity contribution in [2.45, 2.75) is 70.5 Å². The van der Waals surface area contributed by atoms with Gasteiger partial charge in [0.2, 0.25) is 0 Å². The van der Waals surface area contributed by atoms with Crippen molar-refractivity contribution in [1.82, 2.24) is 4.90 Å². The summed E-state index contributed by atoms with van der Waals surface area (Å²) < 4.78 is 5.94. The Morgan fingerprint density at radius 3 is 2.61 bits per heavy atom. The minimum atomic E-state index is -0.809. The number of aliphatic hydroxyl groups is 1. The van der Waals surface area contributed by atoms with Crippen molar-refractivity contribution >= 4 is 17.6 Å². The molecule has 5 heteroatoms. The summed E-state index contributed by atoms with van der Waals surface area (Å²) in [5.74, 6) is 0.258. The lowest BCUT2D eigenvalue weighted by molar-refractivity contribution is -0.145. The van der Waals surface area contributed by atoms with Gasteiger partial charge in [0.1, 0.15) is 6.10 Å². The first-order valence-corrected chi connectivity index (χ1v) is 12.3. The molecule has 1 aromatic rings. The maximum absolute atomic E-state index is 12.9. The number of hydrogen-bond donors (Lipinski definition) is 1. The zero-order valence-electron chi connectivity index (χ0n) is 18.7. The summed E-state index contributed by atoms with van der Waals surface area (Å²) >= 11 is 6.01. The number of carbonyl (C=O) groups is 1. The molecule has 4 atom stereocenters. The van der Waals surface area contributed by atoms with Crippen molar-refractivity contribution in [3.05, 3.63) is 46.0 Å². The third-order valence-electron chi connectivity index (χ3n) is 8.70. The van der Waals surface area contributed by atoms with E-state index in [1.807, 2.05) is 24.3 Å². The van der Waals surface area contributed by atoms with Crippen LogP contribution in [-0.2, 0) is 15.1 Å². The first-order chi connectivity index (χ1) is 14.8. The van der Waals surface area contributed by atoms with E-state index in [0.29, 0.717) is 23.8 Å². The van der Waals surface area contributed by atoms with Gasteiger partial charge >= 0.3 is 5.97 Å². The molecule has 1 saturated carbocycles. The van der Waals surface area contributed by atoms with Crippen LogP contribution in [0.2, 0.25) is 5.02 Å². The molecular weight excluding hydrogens is 410 g/mol. The van der Waals surface area contributed by atoms with E-state index in [1.165, 1.54) is 19.3 Å². The second kappa shape index (κ2) is 7.90. The lowest BCUT2D eigenvalue weighted by Crippen LogP contribution is -2.46. The average Bonchev–Trinajstić information content (AvgIpc) is 3.02. The molecule has 4 aliphatic rings. The van der Waals surface area contributed by atoms with Gasteiger partial charge in [0.25, 0.3) is 0 Å². The topological polar surface area (TPSA) is 49.8 Å². The van der Waals surface area contributed by atoms with Crippen LogP contribution in [0.25, 0.3) is 0 Å². The quantitative estimate of drug-likeness (QED) is 0.522. The van der Waals surface area contributed by atoms with Crippen LogP contribution in [0, 0.1) is 17.3 Å². The van der Waals surface area contributed by atoms with Crippen LogP contribution in [0.3, 0.4) is 0 Å². The summed E-state index contributed by atoms with van der Waals surface area (Å²) in [7, 11) is 0. The maximum atomic E-state index is 12.9. The zero-order valence-corrected chi connectivity index (χ0v) is 19.5. The molecule has 2 saturated heterocycles. The molecule has 168 valence electrons. The molecule has 31 heavy (non-hydrogen) atoms. The number of rotatable bonds is 3. The fourth-order valence-corrected chi connectivity index (χ4v) is 6.88. The summed E-state index contributed by atoms with van der Waals surface area (Å²) in [6.07, 6.45) is 7.12. The lowest BCUT2D eigenvalue weighted by Gasteiger charge is -2.46. The molecular formula is C26H34ClNO3. The molecule has 2 heterocycles. The predicted octanol–water partition coefficient (Wildman–Crippen LogP) is 5.08. The lowest BCUT2D eigenvalue weighted by atomic mass is 9.59. The van der Waals surface area contributed by atoms with Gasteiger partial charge in [-0.2, -0.15) is 0 Å². The van der Waals surface area contributed by atoms with Crippen LogP contribution >= 0.6 is 11.6 Å². The van der Waals surface area contributed by atoms with Gasteiger partial charge in [-0.05, 0) is 75.0 Å². The molecule has 4 nitrogen and oxygen atoms in total. The monoisotopic (exact) mass is 443 g/mol. The maximum Gasteiger partial charge on any atom is 0.310 e. The number of carbonyl (C=O) groups excluding carboxylic acids is 1. The van der Waals surface area contributed by atoms with Crippen molar-refractivity contribution in [2.24, 2.45) is 17.3 Å². The minimum Gasteiger partial charge on any atom is -0.462 e. The summed E-state index contributed by atoms with van der Waals surface area (Å²) in [6, 6.07) is 7.54. The van der Waals surface area contributed by atoms with Gasteiger partial charge in [0, 0.05) is 30.6 Å². The van der Waals surface area contributed by atoms with Gasteiger partial charge in [0.15, 0.2) is 0 Å². The van der Waals surface area contributed by atoms with Crippen LogP contribution in [0.5, 0.6) is 0 Å². The van der Waals surface area contributed by atoms with Gasteiger partial charge in [-0.15, -0.1) is 0 Å². The van der Waals surface area contributed by atoms with Crippen LogP contribution in [0.1, 0.15) is 64.4 Å². The zero-order chi connectivity index (χ0) is 21.8. The highest BCUT2D eigenvalue weighted by atomic mass is 35.5. The number of nitrogens with zero attached hydrogens (tertiary/aromatic N) is 1. The van der Waals surface area contributed by atoms with Crippen LogP contribution in [0.15, 0.2) is 35.4 Å². The third kappa shape index (κ3) is 3.85. The van der Waals surface area contributed by atoms with E-state index in [4.69, 9.17) is 16.3 Å². The van der Waals surface area contributed by atoms with Gasteiger partial charge in [-0.1, -0.05) is 41.8 Å². The molecule has 5 rings (SSSR count). The normalized spacial score (nSPS) is 35.5. The second-order valence-electron chi connectivity index (χ2n) is 10.7. The molecule has 0 spiro atoms. The largest absolute Gasteiger partial charge is 0.462 e. The summed E-state index contributed by atoms with van der Waals surface area (Å²) in [6.45, 7) is 7.01. The standard InChI is InChI=1S/C26H34ClNO3/c1-17-4-3-9-25(2)15-23-20(14-22(17)25)21(24(29)31-23)16-28-12-10-26(30,11-13-28)18-5-7-19(27)8-6-18/h5-8,20-21,23,30H,3-4,9-16H2,1-2H3/t20-,21-,23+,25+/m0/s1. The smallest absolute Gasteiger partial charge is 0.310 e. The summed E-state index contributed by atoms with van der Waals surface area (Å²) in [5, 5.41) is 11.9. The molecule has 0 amide bonds. The highest BCUT2D eigenvalue weighted by Crippen LogP contribution is 2.55. The number of hydrogen-bond acceptors (Lipinski definition) is 4. The van der Waals surface area contributed by atoms with E-state index < -0.39 is 5.60 Å². The Bertz CT molecular complexity index is 886. The molecule has 0 radical (unpaired) electrons. The van der Waals surface area contributed by atoms with Crippen molar-refractivity contribution < 1.29 is 14.6 Å². The fourth-order valence-electron chi connectivity index (χ4n) is 6.75. The van der Waals surface area contributed by atoms with Crippen molar-refractivity contribution in [2.75, 3.05) is 19.6 Å². The molecule has 2 aliphatic carbocycles. The summed E-state index contributed by atoms with van der Waals surface area (Å²) in [5.41, 5.74) is 3.51. The van der Waals surface area contributed by atoms with Crippen LogP contribution < -0.4 is 0 Å². The van der Waals surface area contributed by atoms with Gasteiger partial charge in [-0.3, -0.25) is 4.79 Å². The molecule has 2 aliphatic heterocycles. The molecule has 0 unspecified atom stereocenters. The Morgan fingerprint density at radius 1 is 1.19 bits per heavy atom. The Hall–Kier alpha value is -1.36. The Balaban J connectivity index is 1.26. The van der Waals surface area contributed by atoms with E-state index in [2.05, 4.69) is 18.7 Å². The number of likely N-dealkylation sites (tertiary alicyclic amines) is 1. The number of fused-ring (bicyclic) bond motifs is 2. The highest BCUT2D eigenvalue weighted by molar-refractivity contribution is 6.30. The SMILES string of the molecule is CC1=C2C[C@H]3[C@H](CN4CCC(O)(c5ccc(Cl)cc5)CC4)C(=O)O[C@@H]3C[C@@]2(C)CCC1. The number of esters is 1. The number of piperidine rings is 1. The number of allylic oxidation sites excluding steroid dienone is 2. The molecule has 1 aromatic carbocycles. The average molecular weight is 444 g/mol. The Morgan fingerprint density at radius 2 is 1.90 bits per heavy atom. The molecule has 3 fully saturated rings. The van der Waals surface area contributed by atoms with E-state index in [9.17, 15) is 9.90 Å². The predicted molar refractivity (Wildman–Crippen MR) is 122 cm³/mol. The Labute approximate surface area is 190 Å². The third-order valence-corrected chi connectivity index (χ3v) is 8.95. The van der Waals surface area contributed by atoms with E-state index in [1.54, 1.807) is 11.1 Å². The van der Waals surface area contributed by atoms with Crippen LogP contribution in [0.4, 0.5) is 0 Å². The molecule has 1 N–H and O–H groups in total. The van der Waals surface area contributed by atoms with Gasteiger partial charge < -0.3 is 14.7 Å². The highest BCUT2D eigenvalue weighted by Gasteiger charge is 2.53. The molecule has 0 bridgehead atoms. The second-order valence-corrected chi connectivity index (χ2v) is 11.1. The van der Waals surface area contributed by atoms with E-state index >= 15 is 0 Å².